The second-order valence-electron chi connectivity index (χ2n) is 6.01. The minimum Gasteiger partial charge on any atom is -0.325 e. The lowest BCUT2D eigenvalue weighted by molar-refractivity contribution is -0.120. The Labute approximate surface area is 143 Å². The number of benzene rings is 2. The van der Waals surface area contributed by atoms with E-state index in [-0.39, 0.29) is 17.4 Å². The number of nitrogens with zero attached hydrogens (tertiary/aromatic N) is 1. The normalized spacial score (nSPS) is 12.5. The molecular weight excluding hydrogens is 323 g/mol. The quantitative estimate of drug-likeness (QED) is 0.666. The predicted molar refractivity (Wildman–Crippen MR) is 94.9 cm³/mol. The zero-order valence-electron chi connectivity index (χ0n) is 14.0. The molecule has 0 fully saturated rings. The molecule has 1 atom stereocenters. The number of halogens is 1. The van der Waals surface area contributed by atoms with Gasteiger partial charge in [0.1, 0.15) is 5.82 Å². The largest absolute Gasteiger partial charge is 0.325 e. The summed E-state index contributed by atoms with van der Waals surface area (Å²) >= 11 is 0. The molecule has 3 rings (SSSR count). The number of aromatic nitrogens is 2. The Bertz CT molecular complexity index is 963. The summed E-state index contributed by atoms with van der Waals surface area (Å²) in [6.45, 7) is 2.08. The van der Waals surface area contributed by atoms with E-state index in [0.29, 0.717) is 28.8 Å². The number of aromatic amines is 2. The molecule has 0 aliphatic rings. The highest BCUT2D eigenvalue weighted by molar-refractivity contribution is 5.96. The molecular formula is C18H19FN4O2. The molecule has 3 N–H and O–H groups in total. The van der Waals surface area contributed by atoms with E-state index in [1.165, 1.54) is 6.07 Å². The van der Waals surface area contributed by atoms with Gasteiger partial charge in [0.15, 0.2) is 0 Å². The van der Waals surface area contributed by atoms with Crippen LogP contribution in [0.25, 0.3) is 11.0 Å². The summed E-state index contributed by atoms with van der Waals surface area (Å²) in [4.78, 5) is 30.8. The highest BCUT2D eigenvalue weighted by atomic mass is 19.1. The topological polar surface area (TPSA) is 81.0 Å². The molecule has 25 heavy (non-hydrogen) atoms. The summed E-state index contributed by atoms with van der Waals surface area (Å²) in [5.41, 5.74) is 2.12. The fourth-order valence-electron chi connectivity index (χ4n) is 2.59. The van der Waals surface area contributed by atoms with E-state index in [2.05, 4.69) is 15.3 Å². The molecule has 1 heterocycles. The minimum absolute atomic E-state index is 0.212. The Balaban J connectivity index is 1.68. The number of imidazole rings is 1. The highest BCUT2D eigenvalue weighted by Crippen LogP contribution is 2.16. The van der Waals surface area contributed by atoms with Crippen molar-refractivity contribution >= 4 is 22.6 Å². The lowest BCUT2D eigenvalue weighted by Gasteiger charge is -2.24. The van der Waals surface area contributed by atoms with Gasteiger partial charge in [0.05, 0.1) is 17.1 Å². The number of fused-ring (bicyclic) bond motifs is 1. The second kappa shape index (κ2) is 6.90. The van der Waals surface area contributed by atoms with Gasteiger partial charge in [0.2, 0.25) is 5.91 Å². The van der Waals surface area contributed by atoms with Gasteiger partial charge in [-0.2, -0.15) is 0 Å². The Kier molecular flexibility index (Phi) is 4.67. The lowest BCUT2D eigenvalue weighted by Crippen LogP contribution is -2.39. The van der Waals surface area contributed by atoms with Crippen LogP contribution in [-0.2, 0) is 11.3 Å². The molecule has 0 radical (unpaired) electrons. The fraction of sp³-hybridized carbons (Fsp3) is 0.222. The van der Waals surface area contributed by atoms with Crippen LogP contribution >= 0.6 is 0 Å². The van der Waals surface area contributed by atoms with Gasteiger partial charge >= 0.3 is 5.69 Å². The molecule has 2 aromatic carbocycles. The van der Waals surface area contributed by atoms with Gasteiger partial charge in [-0.15, -0.1) is 0 Å². The Morgan fingerprint density at radius 3 is 2.68 bits per heavy atom. The Hall–Kier alpha value is -2.93. The zero-order chi connectivity index (χ0) is 18.0. The molecule has 130 valence electrons. The maximum Gasteiger partial charge on any atom is 0.323 e. The van der Waals surface area contributed by atoms with Crippen LogP contribution in [0.2, 0.25) is 0 Å². The summed E-state index contributed by atoms with van der Waals surface area (Å²) in [5.74, 6) is -0.500. The van der Waals surface area contributed by atoms with Crippen LogP contribution in [0, 0.1) is 5.82 Å². The number of likely N-dealkylation sites (N-methyl/N-ethyl adjacent to an activating group) is 1. The van der Waals surface area contributed by atoms with Crippen LogP contribution in [-0.4, -0.2) is 33.9 Å². The van der Waals surface area contributed by atoms with Crippen molar-refractivity contribution in [2.45, 2.75) is 19.5 Å². The van der Waals surface area contributed by atoms with Crippen molar-refractivity contribution < 1.29 is 9.18 Å². The van der Waals surface area contributed by atoms with Crippen molar-refractivity contribution in [1.82, 2.24) is 14.9 Å². The molecule has 0 aliphatic carbocycles. The molecule has 1 amide bonds. The summed E-state index contributed by atoms with van der Waals surface area (Å²) in [5, 5.41) is 2.81. The van der Waals surface area contributed by atoms with Crippen molar-refractivity contribution in [3.8, 4) is 0 Å². The number of carbonyl (C=O) groups excluding carboxylic acids is 1. The number of nitrogens with one attached hydrogen (secondary N) is 3. The van der Waals surface area contributed by atoms with Crippen molar-refractivity contribution in [1.29, 1.82) is 0 Å². The summed E-state index contributed by atoms with van der Waals surface area (Å²) in [7, 11) is 1.77. The molecule has 0 bridgehead atoms. The predicted octanol–water partition coefficient (Wildman–Crippen LogP) is 2.45. The van der Waals surface area contributed by atoms with Crippen LogP contribution in [0.3, 0.4) is 0 Å². The van der Waals surface area contributed by atoms with Crippen molar-refractivity contribution in [2.24, 2.45) is 0 Å². The van der Waals surface area contributed by atoms with Crippen molar-refractivity contribution in [2.75, 3.05) is 12.4 Å². The van der Waals surface area contributed by atoms with Crippen LogP contribution in [0.15, 0.2) is 47.3 Å². The van der Waals surface area contributed by atoms with E-state index in [4.69, 9.17) is 0 Å². The molecule has 0 unspecified atom stereocenters. The Morgan fingerprint density at radius 2 is 1.92 bits per heavy atom. The van der Waals surface area contributed by atoms with Gasteiger partial charge in [0, 0.05) is 17.8 Å². The zero-order valence-corrected chi connectivity index (χ0v) is 14.0. The van der Waals surface area contributed by atoms with E-state index in [9.17, 15) is 14.0 Å². The third-order valence-electron chi connectivity index (χ3n) is 4.20. The smallest absolute Gasteiger partial charge is 0.323 e. The Morgan fingerprint density at radius 1 is 1.20 bits per heavy atom. The van der Waals surface area contributed by atoms with Gasteiger partial charge in [-0.1, -0.05) is 18.2 Å². The first-order chi connectivity index (χ1) is 11.9. The summed E-state index contributed by atoms with van der Waals surface area (Å²) < 4.78 is 13.8. The molecule has 6 nitrogen and oxygen atoms in total. The van der Waals surface area contributed by atoms with E-state index >= 15 is 0 Å². The van der Waals surface area contributed by atoms with E-state index < -0.39 is 6.04 Å². The van der Waals surface area contributed by atoms with E-state index in [0.717, 1.165) is 0 Å². The van der Waals surface area contributed by atoms with Crippen molar-refractivity contribution in [3.63, 3.8) is 0 Å². The molecule has 0 spiro atoms. The summed E-state index contributed by atoms with van der Waals surface area (Å²) in [6, 6.07) is 11.2. The number of anilines is 1. The number of hydrogen-bond donors (Lipinski definition) is 3. The molecule has 0 aliphatic heterocycles. The van der Waals surface area contributed by atoms with Crippen molar-refractivity contribution in [3.05, 3.63) is 64.3 Å². The SMILES string of the molecule is C[C@H](C(=O)Nc1ccc2[nH]c(=O)[nH]c2c1)N(C)Cc1ccccc1F. The van der Waals surface area contributed by atoms with Crippen LogP contribution < -0.4 is 11.0 Å². The van der Waals surface area contributed by atoms with Gasteiger partial charge in [-0.3, -0.25) is 9.69 Å². The standard InChI is InChI=1S/C18H19FN4O2/c1-11(23(2)10-12-5-3-4-6-14(12)19)17(24)20-13-7-8-15-16(9-13)22-18(25)21-15/h3-9,11H,10H2,1-2H3,(H,20,24)(H2,21,22,25)/t11-/m1/s1. The molecule has 3 aromatic rings. The van der Waals surface area contributed by atoms with Crippen LogP contribution in [0.5, 0.6) is 0 Å². The lowest BCUT2D eigenvalue weighted by atomic mass is 10.1. The van der Waals surface area contributed by atoms with Gasteiger partial charge < -0.3 is 15.3 Å². The molecule has 1 aromatic heterocycles. The average Bonchev–Trinajstić information content (AvgIpc) is 2.95. The minimum atomic E-state index is -0.458. The summed E-state index contributed by atoms with van der Waals surface area (Å²) in [6.07, 6.45) is 0. The maximum atomic E-state index is 13.8. The first-order valence-electron chi connectivity index (χ1n) is 7.90. The molecule has 0 saturated carbocycles. The van der Waals surface area contributed by atoms with Gasteiger partial charge in [-0.05, 0) is 38.2 Å². The highest BCUT2D eigenvalue weighted by Gasteiger charge is 2.19. The fourth-order valence-corrected chi connectivity index (χ4v) is 2.59. The molecule has 7 heteroatoms. The molecule has 0 saturated heterocycles. The number of rotatable bonds is 5. The second-order valence-corrected chi connectivity index (χ2v) is 6.01. The van der Waals surface area contributed by atoms with E-state index in [1.807, 2.05) is 0 Å². The number of amides is 1. The number of H-pyrrole nitrogens is 2. The number of hydrogen-bond acceptors (Lipinski definition) is 3. The average molecular weight is 342 g/mol. The number of carbonyl (C=O) groups is 1. The third kappa shape index (κ3) is 3.77. The van der Waals surface area contributed by atoms with Crippen LogP contribution in [0.1, 0.15) is 12.5 Å². The van der Waals surface area contributed by atoms with E-state index in [1.54, 1.807) is 55.3 Å². The van der Waals surface area contributed by atoms with Gasteiger partial charge in [0.25, 0.3) is 0 Å². The third-order valence-corrected chi connectivity index (χ3v) is 4.20. The monoisotopic (exact) mass is 342 g/mol. The first-order valence-corrected chi connectivity index (χ1v) is 7.90. The van der Waals surface area contributed by atoms with Gasteiger partial charge in [-0.25, -0.2) is 9.18 Å². The first kappa shape index (κ1) is 16.9. The van der Waals surface area contributed by atoms with Crippen LogP contribution in [0.4, 0.5) is 10.1 Å². The maximum absolute atomic E-state index is 13.8.